The number of aromatic nitrogens is 2. The molecule has 0 fully saturated rings. The first-order chi connectivity index (χ1) is 62.2. The van der Waals surface area contributed by atoms with E-state index in [0.29, 0.717) is 52.3 Å². The van der Waals surface area contributed by atoms with Crippen molar-refractivity contribution in [1.29, 1.82) is 10.8 Å². The first-order valence-electron chi connectivity index (χ1n) is 41.7. The molecule has 2 heterocycles. The number of nitrogens with two attached hydrogens (primary N) is 7. The first-order valence-corrected chi connectivity index (χ1v) is 43.0. The molecule has 2 aromatic heterocycles. The van der Waals surface area contributed by atoms with Gasteiger partial charge in [0.15, 0.2) is 11.9 Å². The van der Waals surface area contributed by atoms with Crippen molar-refractivity contribution in [3.05, 3.63) is 102 Å². The number of aliphatic hydroxyl groups excluding tert-OH is 1. The minimum Gasteiger partial charge on any atom is -0.508 e. The maximum absolute atomic E-state index is 15.4. The molecule has 48 nitrogen and oxygen atoms in total. The number of amides is 18. The number of H-pyrrole nitrogens is 2. The van der Waals surface area contributed by atoms with Crippen LogP contribution in [0, 0.1) is 10.8 Å². The SMILES string of the molecule is CC(=O)N[C@@H](CS)C(=O)N[C@@H](CCC(N)=O)C(=O)N[C@H](C(=O)N[C@@H](Cc1c[nH]c2ccccc12)C(=O)N[C@@H](CCC(N)=O)C(=O)N[C@@H](CS)C(=O)N[C@@H](Cc1ccc(O)cc1)C(=O)N[C@@H](Cc1c[nH]c2ccccc12)C(=O)N[C@@H](CCCNC(=N)N)C(=O)N[C@@H](CCCNC(=N)N)C(=O)N[C@@H](CC(N)=O)C(=O)NCC(=O)NCCOCC(=O)N[C@H](CCCCN)C(N)=O)[C@@H](C)O. The largest absolute Gasteiger partial charge is 0.508 e. The Morgan fingerprint density at radius 2 is 0.824 bits per heavy atom. The van der Waals surface area contributed by atoms with Crippen molar-refractivity contribution in [2.24, 2.45) is 40.1 Å². The summed E-state index contributed by atoms with van der Waals surface area (Å²) in [7, 11) is 0. The molecule has 18 amide bonds. The Morgan fingerprint density at radius 1 is 0.420 bits per heavy atom. The molecule has 0 saturated carbocycles. The molecule has 3 aromatic carbocycles. The Kier molecular flexibility index (Phi) is 45.8. The molecule has 5 aromatic rings. The number of ether oxygens (including phenoxy) is 1. The number of aromatic amines is 2. The molecule has 50 heteroatoms. The van der Waals surface area contributed by atoms with Gasteiger partial charge in [-0.05, 0) is 112 Å². The Morgan fingerprint density at radius 3 is 1.26 bits per heavy atom. The number of hydrogen-bond donors (Lipinski definition) is 31. The van der Waals surface area contributed by atoms with Crippen LogP contribution >= 0.6 is 25.3 Å². The van der Waals surface area contributed by atoms with Gasteiger partial charge >= 0.3 is 0 Å². The van der Waals surface area contributed by atoms with Crippen LogP contribution in [-0.4, -0.2) is 274 Å². The molecule has 0 spiro atoms. The van der Waals surface area contributed by atoms with E-state index in [0.717, 1.165) is 13.8 Å². The molecule has 5 rings (SSSR count). The number of carbonyl (C=O) groups is 18. The topological polar surface area (TPSA) is 811 Å². The summed E-state index contributed by atoms with van der Waals surface area (Å²) in [6.07, 6.45) is -2.13. The molecule has 0 radical (unpaired) electrons. The number of para-hydroxylation sites is 2. The number of phenols is 1. The van der Waals surface area contributed by atoms with Crippen LogP contribution in [0.4, 0.5) is 0 Å². The molecule has 13 atom stereocenters. The number of aliphatic hydroxyl groups is 1. The van der Waals surface area contributed by atoms with Crippen LogP contribution < -0.4 is 125 Å². The molecule has 0 aliphatic carbocycles. The normalized spacial score (nSPS) is 14.0. The van der Waals surface area contributed by atoms with E-state index < -0.39 is 254 Å². The monoisotopic (exact) mass is 1870 g/mol. The van der Waals surface area contributed by atoms with Crippen LogP contribution in [0.15, 0.2) is 85.2 Å². The number of benzene rings is 3. The fourth-order valence-electron chi connectivity index (χ4n) is 13.2. The number of thiol groups is 2. The van der Waals surface area contributed by atoms with Crippen molar-refractivity contribution in [3.8, 4) is 5.75 Å². The average molecular weight is 1870 g/mol. The number of fused-ring (bicyclic) bond motifs is 2. The van der Waals surface area contributed by atoms with Gasteiger partial charge in [0.2, 0.25) is 106 Å². The fraction of sp³-hybridized carbons (Fsp3) is 0.481. The van der Waals surface area contributed by atoms with E-state index in [1.54, 1.807) is 54.7 Å². The van der Waals surface area contributed by atoms with E-state index in [1.165, 1.54) is 30.5 Å². The molecule has 0 unspecified atom stereocenters. The lowest BCUT2D eigenvalue weighted by Gasteiger charge is -2.29. The minimum absolute atomic E-state index is 0.0311. The van der Waals surface area contributed by atoms with Crippen LogP contribution in [0.1, 0.15) is 108 Å². The van der Waals surface area contributed by atoms with Crippen LogP contribution in [0.2, 0.25) is 0 Å². The third kappa shape index (κ3) is 38.5. The summed E-state index contributed by atoms with van der Waals surface area (Å²) < 4.78 is 5.29. The highest BCUT2D eigenvalue weighted by Gasteiger charge is 2.39. The maximum atomic E-state index is 15.4. The highest BCUT2D eigenvalue weighted by atomic mass is 32.1. The second-order valence-corrected chi connectivity index (χ2v) is 31.2. The van der Waals surface area contributed by atoms with Crippen molar-refractivity contribution in [3.63, 3.8) is 0 Å². The second kappa shape index (κ2) is 55.8. The zero-order valence-electron chi connectivity index (χ0n) is 72.1. The third-order valence-electron chi connectivity index (χ3n) is 20.0. The average Bonchev–Trinajstić information content (AvgIpc) is 1.45. The maximum Gasteiger partial charge on any atom is 0.246 e. The van der Waals surface area contributed by atoms with Crippen molar-refractivity contribution in [2.75, 3.05) is 57.4 Å². The van der Waals surface area contributed by atoms with Gasteiger partial charge in [-0.1, -0.05) is 48.5 Å². The van der Waals surface area contributed by atoms with Gasteiger partial charge in [0.1, 0.15) is 84.9 Å². The fourth-order valence-corrected chi connectivity index (χ4v) is 13.7. The number of aromatic hydroxyl groups is 1. The van der Waals surface area contributed by atoms with Crippen LogP contribution in [0.5, 0.6) is 5.75 Å². The van der Waals surface area contributed by atoms with Gasteiger partial charge in [0.05, 0.1) is 25.7 Å². The van der Waals surface area contributed by atoms with E-state index in [2.05, 4.69) is 120 Å². The van der Waals surface area contributed by atoms with E-state index in [9.17, 15) is 86.9 Å². The van der Waals surface area contributed by atoms with E-state index >= 15 is 9.59 Å². The smallest absolute Gasteiger partial charge is 0.246 e. The zero-order chi connectivity index (χ0) is 97.0. The molecular weight excluding hydrogens is 1750 g/mol. The molecule has 0 aliphatic heterocycles. The van der Waals surface area contributed by atoms with Crippen molar-refractivity contribution >= 4 is 165 Å². The summed E-state index contributed by atoms with van der Waals surface area (Å²) in [5, 5.41) is 77.8. The Bertz CT molecular complexity index is 4830. The summed E-state index contributed by atoms with van der Waals surface area (Å²) in [5.74, 6) is -19.9. The quantitative estimate of drug-likeness (QED) is 0.00744. The van der Waals surface area contributed by atoms with Gasteiger partial charge in [-0.25, -0.2) is 0 Å². The number of hydrogen-bond acceptors (Lipinski definition) is 26. The number of carbonyl (C=O) groups excluding carboxylic acids is 18. The van der Waals surface area contributed by atoms with E-state index in [-0.39, 0.29) is 88.3 Å². The van der Waals surface area contributed by atoms with Crippen molar-refractivity contribution < 1.29 is 101 Å². The molecule has 716 valence electrons. The molecule has 0 aliphatic rings. The van der Waals surface area contributed by atoms with Gasteiger partial charge in [-0.2, -0.15) is 25.3 Å². The lowest BCUT2D eigenvalue weighted by molar-refractivity contribution is -0.137. The van der Waals surface area contributed by atoms with E-state index in [4.69, 9.17) is 55.7 Å². The van der Waals surface area contributed by atoms with E-state index in [1.807, 2.05) is 0 Å². The van der Waals surface area contributed by atoms with Gasteiger partial charge < -0.3 is 150 Å². The summed E-state index contributed by atoms with van der Waals surface area (Å²) in [6, 6.07) is -0.755. The molecular formula is C81H119N27O21S2. The Balaban J connectivity index is 1.45. The molecule has 36 N–H and O–H groups in total. The van der Waals surface area contributed by atoms with Crippen LogP contribution in [-0.2, 0) is 110 Å². The third-order valence-corrected chi connectivity index (χ3v) is 20.7. The minimum atomic E-state index is -1.94. The predicted octanol–water partition coefficient (Wildman–Crippen LogP) is -8.74. The number of primary amides is 4. The van der Waals surface area contributed by atoms with Gasteiger partial charge in [0.25, 0.3) is 0 Å². The number of nitrogens with one attached hydrogen (secondary N) is 20. The lowest BCUT2D eigenvalue weighted by Crippen LogP contribution is -2.62. The zero-order valence-corrected chi connectivity index (χ0v) is 73.9. The first kappa shape index (κ1) is 108. The number of phenolic OH excluding ortho intramolecular Hbond substituents is 1. The summed E-state index contributed by atoms with van der Waals surface area (Å²) in [5.41, 5.74) is 40.8. The highest BCUT2D eigenvalue weighted by molar-refractivity contribution is 7.80. The van der Waals surface area contributed by atoms with Gasteiger partial charge in [-0.15, -0.1) is 0 Å². The molecule has 0 saturated heterocycles. The molecule has 131 heavy (non-hydrogen) atoms. The van der Waals surface area contributed by atoms with Crippen molar-refractivity contribution in [2.45, 2.75) is 189 Å². The second-order valence-electron chi connectivity index (χ2n) is 30.5. The highest BCUT2D eigenvalue weighted by Crippen LogP contribution is 2.23. The van der Waals surface area contributed by atoms with Crippen molar-refractivity contribution in [1.82, 2.24) is 95.0 Å². The summed E-state index contributed by atoms with van der Waals surface area (Å²) in [4.78, 5) is 253. The Hall–Kier alpha value is -13.9. The Labute approximate surface area is 762 Å². The predicted molar refractivity (Wildman–Crippen MR) is 482 cm³/mol. The van der Waals surface area contributed by atoms with Gasteiger partial charge in [-0.3, -0.25) is 97.1 Å². The number of rotatable bonds is 60. The standard InChI is InChI=1S/C81H119N27O21S2/c1-41(109)67(108-73(122)55(23-25-63(84)113)102-77(126)60(39-130)97-42(2)110)79(128)106-58(33-45-36-95-50-14-6-4-12-48(45)50)76(125)101-54(22-24-62(83)112)72(121)107-61(40-131)78(127)103-56(31-43-18-20-46(111)21-19-43)74(123)104-57(32-44-35-94-49-13-5-3-11-47(44)49)75(124)100-52(16-9-27-92-80(87)88)70(119)99-53(17-10-28-93-81(89)90)71(120)105-59(34-64(85)114)69(118)96-37-65(115)91-29-30-129-38-66(116)98-51(68(86)117)15-7-8-26-82/h3-6,11-14,18-21,35-36,41,51-61,67,94-95,109,111,130-131H,7-10,15-17,22-34,37-40,82H2,1-2H3,(H2,83,112)(H2,84,113)(H2,85,114)(H2,86,117)(H,91,115)(H,96,118)(H,97,110)(H,98,116)(H,99,119)(H,100,124)(H,101,125)(H,102,126)(H,103,127)(H,104,123)(H,105,120)(H,106,128)(H,107,121)(H,108,122)(H4,87,88,92)(H4,89,90,93)/t41-,51-,52+,53+,54+,55+,56+,57+,58+,59+,60+,61+,67+/m1/s1. The number of unbranched alkanes of at least 4 members (excludes halogenated alkanes) is 1. The number of guanidine groups is 2. The summed E-state index contributed by atoms with van der Waals surface area (Å²) in [6.45, 7) is 0.807. The van der Waals surface area contributed by atoms with Crippen LogP contribution in [0.3, 0.4) is 0 Å². The summed E-state index contributed by atoms with van der Waals surface area (Å²) >= 11 is 8.47. The van der Waals surface area contributed by atoms with Crippen LogP contribution in [0.25, 0.3) is 21.8 Å². The lowest BCUT2D eigenvalue weighted by atomic mass is 10.0. The van der Waals surface area contributed by atoms with Gasteiger partial charge in [0, 0.05) is 104 Å². The molecule has 0 bridgehead atoms.